The maximum atomic E-state index is 12.2. The Bertz CT molecular complexity index is 1740. The quantitative estimate of drug-likeness (QED) is 0.285. The van der Waals surface area contributed by atoms with Gasteiger partial charge in [-0.1, -0.05) is 23.2 Å². The summed E-state index contributed by atoms with van der Waals surface area (Å²) in [6, 6.07) is 12.7. The van der Waals surface area contributed by atoms with Crippen molar-refractivity contribution in [2.75, 3.05) is 14.1 Å². The van der Waals surface area contributed by atoms with Crippen LogP contribution in [0.5, 0.6) is 0 Å². The SMILES string of the molecule is CCn1c(=O)cc(Cl)c2cc(C(=O)N=C(C)N(C)C)ccc21.CCn1c(=O)cc(Cl)c2cc(C(N)=O)ccc21. The third-order valence-corrected chi connectivity index (χ3v) is 6.82. The highest BCUT2D eigenvalue weighted by Crippen LogP contribution is 2.24. The van der Waals surface area contributed by atoms with E-state index in [0.29, 0.717) is 61.9 Å². The first kappa shape index (κ1) is 29.6. The molecule has 4 rings (SSSR count). The molecule has 39 heavy (non-hydrogen) atoms. The van der Waals surface area contributed by atoms with Gasteiger partial charge < -0.3 is 19.8 Å². The van der Waals surface area contributed by atoms with Crippen LogP contribution in [0, 0.1) is 0 Å². The molecule has 4 aromatic rings. The zero-order valence-electron chi connectivity index (χ0n) is 22.3. The van der Waals surface area contributed by atoms with Crippen LogP contribution in [0.1, 0.15) is 41.5 Å². The lowest BCUT2D eigenvalue weighted by Crippen LogP contribution is -2.20. The largest absolute Gasteiger partial charge is 0.366 e. The molecule has 204 valence electrons. The monoisotopic (exact) mass is 569 g/mol. The number of amidine groups is 1. The summed E-state index contributed by atoms with van der Waals surface area (Å²) in [4.78, 5) is 52.7. The van der Waals surface area contributed by atoms with Gasteiger partial charge in [0.15, 0.2) is 0 Å². The molecule has 0 saturated heterocycles. The van der Waals surface area contributed by atoms with E-state index in [1.807, 2.05) is 27.9 Å². The Kier molecular flexibility index (Phi) is 9.32. The summed E-state index contributed by atoms with van der Waals surface area (Å²) in [7, 11) is 3.65. The fourth-order valence-electron chi connectivity index (χ4n) is 3.94. The second-order valence-corrected chi connectivity index (χ2v) is 9.65. The Labute approximate surface area is 235 Å². The molecule has 0 spiro atoms. The number of hydrogen-bond donors (Lipinski definition) is 1. The molecular weight excluding hydrogens is 541 g/mol. The number of nitrogens with two attached hydrogens (primary N) is 1. The summed E-state index contributed by atoms with van der Waals surface area (Å²) in [6.07, 6.45) is 0. The van der Waals surface area contributed by atoms with Crippen molar-refractivity contribution in [1.82, 2.24) is 14.0 Å². The molecule has 2 N–H and O–H groups in total. The second-order valence-electron chi connectivity index (χ2n) is 8.84. The molecule has 0 radical (unpaired) electrons. The van der Waals surface area contributed by atoms with E-state index >= 15 is 0 Å². The lowest BCUT2D eigenvalue weighted by Gasteiger charge is -2.11. The Morgan fingerprint density at radius 3 is 1.67 bits per heavy atom. The normalized spacial score (nSPS) is 11.3. The maximum absolute atomic E-state index is 12.2. The van der Waals surface area contributed by atoms with Gasteiger partial charge in [-0.15, -0.1) is 0 Å². The zero-order chi connectivity index (χ0) is 29.0. The zero-order valence-corrected chi connectivity index (χ0v) is 23.8. The molecule has 0 fully saturated rings. The van der Waals surface area contributed by atoms with E-state index in [2.05, 4.69) is 4.99 Å². The van der Waals surface area contributed by atoms with Gasteiger partial charge in [-0.3, -0.25) is 19.2 Å². The van der Waals surface area contributed by atoms with E-state index < -0.39 is 5.91 Å². The lowest BCUT2D eigenvalue weighted by molar-refractivity contribution is 0.0992. The molecule has 2 heterocycles. The highest BCUT2D eigenvalue weighted by molar-refractivity contribution is 6.35. The number of hydrogen-bond acceptors (Lipinski definition) is 4. The minimum Gasteiger partial charge on any atom is -0.366 e. The van der Waals surface area contributed by atoms with Crippen LogP contribution in [0.25, 0.3) is 21.8 Å². The molecule has 2 aromatic heterocycles. The van der Waals surface area contributed by atoms with Crippen molar-refractivity contribution in [2.45, 2.75) is 33.9 Å². The minimum absolute atomic E-state index is 0.152. The molecule has 0 aliphatic rings. The van der Waals surface area contributed by atoms with Gasteiger partial charge in [-0.05, 0) is 57.2 Å². The van der Waals surface area contributed by atoms with Crippen LogP contribution in [-0.4, -0.2) is 45.8 Å². The number of rotatable bonds is 4. The number of benzene rings is 2. The van der Waals surface area contributed by atoms with Gasteiger partial charge in [0.2, 0.25) is 5.91 Å². The van der Waals surface area contributed by atoms with Crippen molar-refractivity contribution in [2.24, 2.45) is 10.7 Å². The molecule has 0 bridgehead atoms. The van der Waals surface area contributed by atoms with Crippen LogP contribution >= 0.6 is 23.2 Å². The molecule has 11 heteroatoms. The summed E-state index contributed by atoms with van der Waals surface area (Å²) in [5.41, 5.74) is 7.13. The first-order valence-corrected chi connectivity index (χ1v) is 12.9. The van der Waals surface area contributed by atoms with Crippen molar-refractivity contribution in [3.05, 3.63) is 90.4 Å². The van der Waals surface area contributed by atoms with Crippen molar-refractivity contribution in [1.29, 1.82) is 0 Å². The van der Waals surface area contributed by atoms with Crippen molar-refractivity contribution in [3.63, 3.8) is 0 Å². The van der Waals surface area contributed by atoms with Crippen molar-refractivity contribution < 1.29 is 9.59 Å². The number of halogens is 2. The number of aliphatic imine (C=N–C) groups is 1. The summed E-state index contributed by atoms with van der Waals surface area (Å²) < 4.78 is 3.20. The summed E-state index contributed by atoms with van der Waals surface area (Å²) in [6.45, 7) is 6.61. The fraction of sp³-hybridized carbons (Fsp3) is 0.250. The molecule has 0 aliphatic heterocycles. The Morgan fingerprint density at radius 2 is 1.26 bits per heavy atom. The number of primary amides is 1. The molecular formula is C28H29Cl2N5O4. The predicted molar refractivity (Wildman–Crippen MR) is 157 cm³/mol. The molecule has 2 aromatic carbocycles. The number of amides is 2. The van der Waals surface area contributed by atoms with Crippen molar-refractivity contribution >= 4 is 62.7 Å². The topological polar surface area (TPSA) is 120 Å². The first-order chi connectivity index (χ1) is 18.4. The minimum atomic E-state index is -0.516. The predicted octanol–water partition coefficient (Wildman–Crippen LogP) is 4.57. The van der Waals surface area contributed by atoms with Crippen LogP contribution in [0.15, 0.2) is 63.1 Å². The van der Waals surface area contributed by atoms with Gasteiger partial charge in [0, 0.05) is 61.2 Å². The number of fused-ring (bicyclic) bond motifs is 2. The van der Waals surface area contributed by atoms with Gasteiger partial charge in [0.1, 0.15) is 5.84 Å². The van der Waals surface area contributed by atoms with E-state index in [1.54, 1.807) is 57.4 Å². The number of nitrogens with zero attached hydrogens (tertiary/aromatic N) is 4. The average molecular weight is 570 g/mol. The van der Waals surface area contributed by atoms with E-state index in [-0.39, 0.29) is 17.0 Å². The molecule has 0 aliphatic carbocycles. The van der Waals surface area contributed by atoms with Gasteiger partial charge in [-0.2, -0.15) is 4.99 Å². The van der Waals surface area contributed by atoms with Gasteiger partial charge in [-0.25, -0.2) is 0 Å². The number of pyridine rings is 2. The third-order valence-electron chi connectivity index (χ3n) is 6.20. The number of carbonyl (C=O) groups excluding carboxylic acids is 2. The molecule has 0 saturated carbocycles. The van der Waals surface area contributed by atoms with Crippen LogP contribution in [0.4, 0.5) is 0 Å². The maximum Gasteiger partial charge on any atom is 0.278 e. The molecule has 2 amide bonds. The molecule has 0 atom stereocenters. The summed E-state index contributed by atoms with van der Waals surface area (Å²) >= 11 is 12.2. The van der Waals surface area contributed by atoms with Crippen molar-refractivity contribution in [3.8, 4) is 0 Å². The number of aromatic nitrogens is 2. The van der Waals surface area contributed by atoms with Gasteiger partial charge >= 0.3 is 0 Å². The highest BCUT2D eigenvalue weighted by atomic mass is 35.5. The van der Waals surface area contributed by atoms with Crippen LogP contribution in [0.3, 0.4) is 0 Å². The third kappa shape index (κ3) is 6.38. The van der Waals surface area contributed by atoms with Crippen LogP contribution < -0.4 is 16.9 Å². The number of carbonyl (C=O) groups is 2. The standard InChI is InChI=1S/C16H18ClN3O2.C12H11ClN2O2/c1-5-20-14-7-6-11(16(22)18-10(2)19(3)4)8-12(14)13(17)9-15(20)21;1-2-15-10-4-3-7(12(14)17)5-8(10)9(13)6-11(15)16/h6-9H,5H2,1-4H3;3-6H,2H2,1H3,(H2,14,17). The second kappa shape index (κ2) is 12.3. The summed E-state index contributed by atoms with van der Waals surface area (Å²) in [5, 5.41) is 2.00. The molecule has 0 unspecified atom stereocenters. The van der Waals surface area contributed by atoms with Gasteiger partial charge in [0.05, 0.1) is 21.1 Å². The summed E-state index contributed by atoms with van der Waals surface area (Å²) in [5.74, 6) is -0.231. The Hall–Kier alpha value is -3.95. The average Bonchev–Trinajstić information content (AvgIpc) is 2.89. The number of aryl methyl sites for hydroxylation is 2. The Balaban J connectivity index is 0.000000223. The lowest BCUT2D eigenvalue weighted by atomic mass is 10.1. The van der Waals surface area contributed by atoms with E-state index in [0.717, 1.165) is 0 Å². The van der Waals surface area contributed by atoms with E-state index in [9.17, 15) is 19.2 Å². The van der Waals surface area contributed by atoms with E-state index in [4.69, 9.17) is 28.9 Å². The Morgan fingerprint density at radius 1 is 0.821 bits per heavy atom. The highest BCUT2D eigenvalue weighted by Gasteiger charge is 2.12. The fourth-order valence-corrected chi connectivity index (χ4v) is 4.43. The van der Waals surface area contributed by atoms with Crippen LogP contribution in [-0.2, 0) is 13.1 Å². The van der Waals surface area contributed by atoms with Crippen LogP contribution in [0.2, 0.25) is 10.0 Å². The van der Waals surface area contributed by atoms with E-state index in [1.165, 1.54) is 12.1 Å². The first-order valence-electron chi connectivity index (χ1n) is 12.1. The smallest absolute Gasteiger partial charge is 0.278 e. The molecule has 9 nitrogen and oxygen atoms in total. The van der Waals surface area contributed by atoms with Gasteiger partial charge in [0.25, 0.3) is 17.0 Å².